The van der Waals surface area contributed by atoms with Crippen LogP contribution in [0.1, 0.15) is 334 Å². The lowest BCUT2D eigenvalue weighted by atomic mass is 9.61. The second kappa shape index (κ2) is 29.9. The molecule has 6 bridgehead atoms. The molecule has 0 saturated heterocycles. The van der Waals surface area contributed by atoms with E-state index in [-0.39, 0.29) is 161 Å². The van der Waals surface area contributed by atoms with Crippen LogP contribution in [0.15, 0.2) is 0 Å². The summed E-state index contributed by atoms with van der Waals surface area (Å²) in [4.78, 5) is 48.6. The molecular formula is C70H142O8. The van der Waals surface area contributed by atoms with E-state index in [0.29, 0.717) is 17.8 Å². The number of fused-ring (bicyclic) bond motifs is 6. The van der Waals surface area contributed by atoms with Crippen LogP contribution in [0.2, 0.25) is 0 Å². The molecule has 0 aromatic heterocycles. The molecule has 7 aliphatic carbocycles. The van der Waals surface area contributed by atoms with E-state index < -0.39 is 0 Å². The highest BCUT2D eigenvalue weighted by atomic mass is 16.6. The summed E-state index contributed by atoms with van der Waals surface area (Å²) in [6.45, 7) is 47.4. The monoisotopic (exact) mass is 1110 g/mol. The van der Waals surface area contributed by atoms with Crippen molar-refractivity contribution in [2.45, 2.75) is 356 Å². The van der Waals surface area contributed by atoms with E-state index in [1.165, 1.54) is 77.0 Å². The molecule has 12 unspecified atom stereocenters. The number of rotatable bonds is 12. The first-order valence-electron chi connectivity index (χ1n) is 28.8. The largest absolute Gasteiger partial charge is 0.459 e. The Kier molecular flexibility index (Phi) is 32.5. The fourth-order valence-electron chi connectivity index (χ4n) is 14.7. The molecule has 0 heterocycles. The maximum atomic E-state index is 12.5. The molecular weight excluding hydrogens is 969 g/mol. The smallest absolute Gasteiger partial charge is 0.312 e. The van der Waals surface area contributed by atoms with Crippen molar-refractivity contribution in [3.63, 3.8) is 0 Å². The Bertz CT molecular complexity index is 1820. The average molecular weight is 1110 g/mol. The Balaban J connectivity index is -0.000000295. The highest BCUT2D eigenvalue weighted by Crippen LogP contribution is 2.72. The van der Waals surface area contributed by atoms with E-state index >= 15 is 0 Å². The maximum absolute atomic E-state index is 12.5. The number of hydrogen-bond acceptors (Lipinski definition) is 8. The Labute approximate surface area is 489 Å². The average Bonchev–Trinajstić information content (AvgIpc) is 4.01. The van der Waals surface area contributed by atoms with Gasteiger partial charge in [0.2, 0.25) is 0 Å². The minimum Gasteiger partial charge on any atom is -0.459 e. The van der Waals surface area contributed by atoms with Crippen LogP contribution in [0.5, 0.6) is 0 Å². The van der Waals surface area contributed by atoms with Crippen LogP contribution in [-0.4, -0.2) is 46.3 Å². The van der Waals surface area contributed by atoms with Crippen molar-refractivity contribution in [2.75, 3.05) is 0 Å². The van der Waals surface area contributed by atoms with Gasteiger partial charge in [0, 0.05) is 27.1 Å². The second-order valence-corrected chi connectivity index (χ2v) is 28.4. The van der Waals surface area contributed by atoms with Crippen molar-refractivity contribution < 1.29 is 38.1 Å². The van der Waals surface area contributed by atoms with Crippen molar-refractivity contribution in [3.8, 4) is 0 Å². The first-order valence-corrected chi connectivity index (χ1v) is 28.8. The molecule has 0 aromatic rings. The highest BCUT2D eigenvalue weighted by molar-refractivity contribution is 5.76. The standard InChI is InChI=1S/C17H30O2.2C16H28O2.C13H24O2.8CH4/c1-8-14(2,3)13(18)19-17(7)15(4,5)12-9-10-16(17,6)11-12;1-7-11(2)13(17)18-16(6)10-12-8-9-15(16,5)14(12,3)4;1-7-11(2)13(17)18-16(6)14(3,4)12-8-9-15(16,5)10-12;1-4-11(2)12(14)15-13(3)9-7-5-6-8-10-13;;;;;;;;/h12H,8-11H2,1-7H3;2*11-12H,7-10H2,1-6H3;11H,4-10H2,1-3H3;8*1H4. The summed E-state index contributed by atoms with van der Waals surface area (Å²) in [5.41, 5.74) is -0.525. The van der Waals surface area contributed by atoms with Gasteiger partial charge in [0.1, 0.15) is 22.4 Å². The molecule has 12 atom stereocenters. The van der Waals surface area contributed by atoms with Gasteiger partial charge in [-0.25, -0.2) is 0 Å². The van der Waals surface area contributed by atoms with Crippen LogP contribution in [0.3, 0.4) is 0 Å². The van der Waals surface area contributed by atoms with Gasteiger partial charge in [-0.15, -0.1) is 0 Å². The summed E-state index contributed by atoms with van der Waals surface area (Å²) in [7, 11) is 0. The Morgan fingerprint density at radius 3 is 1.08 bits per heavy atom. The number of hydrogen-bond donors (Lipinski definition) is 0. The molecule has 7 rings (SSSR count). The minimum atomic E-state index is -0.378. The van der Waals surface area contributed by atoms with Gasteiger partial charge in [0.25, 0.3) is 0 Å². The van der Waals surface area contributed by atoms with E-state index in [1.807, 2.05) is 55.4 Å². The fraction of sp³-hybridized carbons (Fsp3) is 0.943. The van der Waals surface area contributed by atoms with Gasteiger partial charge in [-0.3, -0.25) is 19.2 Å². The highest BCUT2D eigenvalue weighted by Gasteiger charge is 2.71. The Hall–Kier alpha value is -2.12. The van der Waals surface area contributed by atoms with E-state index in [2.05, 4.69) is 96.9 Å². The van der Waals surface area contributed by atoms with Crippen molar-refractivity contribution in [2.24, 2.45) is 73.4 Å². The van der Waals surface area contributed by atoms with Gasteiger partial charge in [-0.2, -0.15) is 0 Å². The summed E-state index contributed by atoms with van der Waals surface area (Å²) >= 11 is 0. The van der Waals surface area contributed by atoms with Crippen LogP contribution in [0.4, 0.5) is 0 Å². The number of ether oxygens (including phenoxy) is 4. The molecule has 470 valence electrons. The van der Waals surface area contributed by atoms with Gasteiger partial charge in [-0.1, -0.05) is 183 Å². The van der Waals surface area contributed by atoms with Crippen molar-refractivity contribution >= 4 is 23.9 Å². The third-order valence-corrected chi connectivity index (χ3v) is 23.4. The zero-order valence-electron chi connectivity index (χ0n) is 49.7. The van der Waals surface area contributed by atoms with Gasteiger partial charge < -0.3 is 18.9 Å². The van der Waals surface area contributed by atoms with Gasteiger partial charge in [0.15, 0.2) is 0 Å². The van der Waals surface area contributed by atoms with Crippen LogP contribution < -0.4 is 0 Å². The normalized spacial score (nSPS) is 34.1. The molecule has 0 radical (unpaired) electrons. The minimum absolute atomic E-state index is 0. The third-order valence-electron chi connectivity index (χ3n) is 23.4. The third kappa shape index (κ3) is 15.2. The van der Waals surface area contributed by atoms with Crippen molar-refractivity contribution in [3.05, 3.63) is 0 Å². The van der Waals surface area contributed by atoms with E-state index in [4.69, 9.17) is 18.9 Å². The van der Waals surface area contributed by atoms with Crippen LogP contribution in [0, 0.1) is 73.4 Å². The zero-order chi connectivity index (χ0) is 53.5. The Morgan fingerprint density at radius 1 is 0.436 bits per heavy atom. The molecule has 0 N–H and O–H groups in total. The topological polar surface area (TPSA) is 105 Å². The lowest BCUT2D eigenvalue weighted by Gasteiger charge is -2.51. The summed E-state index contributed by atoms with van der Waals surface area (Å²) in [5.74, 6) is 2.13. The lowest BCUT2D eigenvalue weighted by molar-refractivity contribution is -0.202. The molecule has 0 amide bonds. The molecule has 8 heteroatoms. The van der Waals surface area contributed by atoms with E-state index in [1.54, 1.807) is 0 Å². The number of esters is 4. The first kappa shape index (κ1) is 84.7. The first-order chi connectivity index (χ1) is 31.9. The molecule has 7 fully saturated rings. The summed E-state index contributed by atoms with van der Waals surface area (Å²) in [5, 5.41) is 0. The SMILES string of the molecule is C.C.C.C.C.C.C.C.CCC(C)(C)C(=O)OC1(C)C2(C)CCC(C2)C1(C)C.CCC(C)C(=O)OC1(C)C2(C)CCC(C2)C1(C)C.CCC(C)C(=O)OC1(C)CC2CCC1(C)C2(C)C.CCC(C)C(=O)OC1(C)CCCCCC1. The molecule has 78 heavy (non-hydrogen) atoms. The van der Waals surface area contributed by atoms with Gasteiger partial charge in [-0.05, 0) is 174 Å². The molecule has 7 aliphatic rings. The number of carbonyl (C=O) groups excluding carboxylic acids is 4. The van der Waals surface area contributed by atoms with Crippen LogP contribution >= 0.6 is 0 Å². The van der Waals surface area contributed by atoms with Crippen molar-refractivity contribution in [1.82, 2.24) is 0 Å². The quantitative estimate of drug-likeness (QED) is 0.108. The lowest BCUT2D eigenvalue weighted by Crippen LogP contribution is -2.55. The summed E-state index contributed by atoms with van der Waals surface area (Å²) in [6, 6.07) is 0. The molecule has 8 nitrogen and oxygen atoms in total. The van der Waals surface area contributed by atoms with Crippen molar-refractivity contribution in [1.29, 1.82) is 0 Å². The van der Waals surface area contributed by atoms with Crippen LogP contribution in [-0.2, 0) is 38.1 Å². The molecule has 0 aliphatic heterocycles. The van der Waals surface area contributed by atoms with Gasteiger partial charge >= 0.3 is 23.9 Å². The predicted octanol–water partition coefficient (Wildman–Crippen LogP) is 21.7. The second-order valence-electron chi connectivity index (χ2n) is 28.4. The summed E-state index contributed by atoms with van der Waals surface area (Å²) < 4.78 is 23.9. The zero-order valence-corrected chi connectivity index (χ0v) is 49.7. The van der Waals surface area contributed by atoms with E-state index in [9.17, 15) is 19.2 Å². The predicted molar refractivity (Wildman–Crippen MR) is 340 cm³/mol. The fourth-order valence-corrected chi connectivity index (χ4v) is 14.7. The number of carbonyl (C=O) groups is 4. The molecule has 7 saturated carbocycles. The van der Waals surface area contributed by atoms with E-state index in [0.717, 1.165) is 44.9 Å². The van der Waals surface area contributed by atoms with Crippen LogP contribution in [0.25, 0.3) is 0 Å². The molecule has 0 aromatic carbocycles. The molecule has 0 spiro atoms. The maximum Gasteiger partial charge on any atom is 0.312 e. The Morgan fingerprint density at radius 2 is 0.769 bits per heavy atom. The van der Waals surface area contributed by atoms with Gasteiger partial charge in [0.05, 0.1) is 23.2 Å². The summed E-state index contributed by atoms with van der Waals surface area (Å²) in [6.07, 6.45) is 21.4.